The summed E-state index contributed by atoms with van der Waals surface area (Å²) in [7, 11) is 0. The molecule has 0 saturated heterocycles. The van der Waals surface area contributed by atoms with Crippen LogP contribution < -0.4 is 4.74 Å². The molecule has 1 aromatic rings. The van der Waals surface area contributed by atoms with Gasteiger partial charge in [0.1, 0.15) is 12.4 Å². The van der Waals surface area contributed by atoms with Crippen molar-refractivity contribution in [3.05, 3.63) is 27.2 Å². The smallest absolute Gasteiger partial charge is 0.344 e. The largest absolute Gasteiger partial charge is 0.480 e. The molecule has 0 aliphatic carbocycles. The monoisotopic (exact) mass is 368 g/mol. The highest BCUT2D eigenvalue weighted by atomic mass is 35.5. The molecule has 0 aromatic heterocycles. The van der Waals surface area contributed by atoms with E-state index in [0.717, 1.165) is 12.8 Å². The van der Waals surface area contributed by atoms with E-state index < -0.39 is 5.97 Å². The fraction of sp³-hybridized carbons (Fsp3) is 0.533. The summed E-state index contributed by atoms with van der Waals surface area (Å²) in [5.74, 6) is -0.228. The number of hydrogen-bond acceptors (Lipinski definition) is 4. The average molecular weight is 370 g/mol. The van der Waals surface area contributed by atoms with Gasteiger partial charge in [-0.25, -0.2) is 4.79 Å². The normalized spacial score (nSPS) is 12.0. The lowest BCUT2D eigenvalue weighted by Crippen LogP contribution is -2.22. The second-order valence-electron chi connectivity index (χ2n) is 4.70. The molecule has 1 atom stereocenters. The van der Waals surface area contributed by atoms with Crippen molar-refractivity contribution in [2.24, 2.45) is 0 Å². The van der Waals surface area contributed by atoms with Crippen LogP contribution in [0.1, 0.15) is 26.7 Å². The first-order valence-electron chi connectivity index (χ1n) is 6.98. The fourth-order valence-electron chi connectivity index (χ4n) is 1.48. The van der Waals surface area contributed by atoms with Crippen LogP contribution in [0.5, 0.6) is 5.75 Å². The van der Waals surface area contributed by atoms with Crippen molar-refractivity contribution in [1.29, 1.82) is 0 Å². The van der Waals surface area contributed by atoms with E-state index in [2.05, 4.69) is 6.92 Å². The number of carbonyl (C=O) groups excluding carboxylic acids is 1. The summed E-state index contributed by atoms with van der Waals surface area (Å²) >= 11 is 17.6. The lowest BCUT2D eigenvalue weighted by molar-refractivity contribution is -0.149. The summed E-state index contributed by atoms with van der Waals surface area (Å²) in [6.45, 7) is 4.50. The Morgan fingerprint density at radius 2 is 1.86 bits per heavy atom. The SMILES string of the molecule is CCCCOC(C)COC(=O)COc1cc(Cl)c(Cl)cc1Cl. The number of esters is 1. The molecule has 0 bridgehead atoms. The van der Waals surface area contributed by atoms with Crippen molar-refractivity contribution < 1.29 is 19.0 Å². The van der Waals surface area contributed by atoms with Crippen molar-refractivity contribution in [2.45, 2.75) is 32.8 Å². The Labute approximate surface area is 145 Å². The number of halogens is 3. The van der Waals surface area contributed by atoms with Crippen LogP contribution in [0.25, 0.3) is 0 Å². The number of hydrogen-bond donors (Lipinski definition) is 0. The Kier molecular flexibility index (Phi) is 8.95. The molecule has 1 unspecified atom stereocenters. The highest BCUT2D eigenvalue weighted by Gasteiger charge is 2.11. The van der Waals surface area contributed by atoms with E-state index in [9.17, 15) is 4.79 Å². The van der Waals surface area contributed by atoms with E-state index in [-0.39, 0.29) is 30.1 Å². The molecule has 0 N–H and O–H groups in total. The van der Waals surface area contributed by atoms with Crippen molar-refractivity contribution in [3.63, 3.8) is 0 Å². The van der Waals surface area contributed by atoms with Crippen LogP contribution in [0.4, 0.5) is 0 Å². The van der Waals surface area contributed by atoms with E-state index in [1.54, 1.807) is 0 Å². The standard InChI is InChI=1S/C15H19Cl3O4/c1-3-4-5-20-10(2)8-22-15(19)9-21-14-7-12(17)11(16)6-13(14)18/h6-7,10H,3-5,8-9H2,1-2H3. The van der Waals surface area contributed by atoms with Crippen LogP contribution in [-0.2, 0) is 14.3 Å². The van der Waals surface area contributed by atoms with Crippen LogP contribution >= 0.6 is 34.8 Å². The van der Waals surface area contributed by atoms with Gasteiger partial charge in [0.2, 0.25) is 0 Å². The molecule has 0 saturated carbocycles. The quantitative estimate of drug-likeness (QED) is 0.357. The molecule has 124 valence electrons. The molecule has 0 amide bonds. The molecule has 0 heterocycles. The van der Waals surface area contributed by atoms with Crippen LogP contribution in [0.2, 0.25) is 15.1 Å². The number of benzene rings is 1. The molecule has 1 aromatic carbocycles. The molecular weight excluding hydrogens is 351 g/mol. The minimum absolute atomic E-state index is 0.149. The molecule has 0 aliphatic heterocycles. The third kappa shape index (κ3) is 7.05. The van der Waals surface area contributed by atoms with Gasteiger partial charge in [0, 0.05) is 12.7 Å². The predicted molar refractivity (Wildman–Crippen MR) is 88.2 cm³/mol. The average Bonchev–Trinajstić information content (AvgIpc) is 2.47. The Morgan fingerprint density at radius 3 is 2.55 bits per heavy atom. The van der Waals surface area contributed by atoms with Gasteiger partial charge < -0.3 is 14.2 Å². The second-order valence-corrected chi connectivity index (χ2v) is 5.92. The first-order chi connectivity index (χ1) is 10.4. The third-order valence-electron chi connectivity index (χ3n) is 2.70. The molecule has 1 rings (SSSR count). The number of ether oxygens (including phenoxy) is 3. The van der Waals surface area contributed by atoms with Gasteiger partial charge in [-0.2, -0.15) is 0 Å². The Hall–Kier alpha value is -0.680. The minimum atomic E-state index is -0.506. The Morgan fingerprint density at radius 1 is 1.18 bits per heavy atom. The summed E-state index contributed by atoms with van der Waals surface area (Å²) in [6.07, 6.45) is 1.89. The Bertz CT molecular complexity index is 494. The van der Waals surface area contributed by atoms with E-state index in [0.29, 0.717) is 16.7 Å². The summed E-state index contributed by atoms with van der Waals surface area (Å²) in [6, 6.07) is 2.91. The minimum Gasteiger partial charge on any atom is -0.480 e. The molecule has 0 fully saturated rings. The van der Waals surface area contributed by atoms with E-state index in [4.69, 9.17) is 49.0 Å². The number of unbranched alkanes of at least 4 members (excludes halogenated alkanes) is 1. The number of carbonyl (C=O) groups is 1. The zero-order chi connectivity index (χ0) is 16.5. The van der Waals surface area contributed by atoms with Gasteiger partial charge in [0.15, 0.2) is 6.61 Å². The summed E-state index contributed by atoms with van der Waals surface area (Å²) in [5, 5.41) is 0.894. The van der Waals surface area contributed by atoms with Gasteiger partial charge in [0.25, 0.3) is 0 Å². The maximum absolute atomic E-state index is 11.6. The van der Waals surface area contributed by atoms with Gasteiger partial charge in [-0.15, -0.1) is 0 Å². The highest BCUT2D eigenvalue weighted by Crippen LogP contribution is 2.33. The topological polar surface area (TPSA) is 44.8 Å². The van der Waals surface area contributed by atoms with Crippen LogP contribution in [0, 0.1) is 0 Å². The van der Waals surface area contributed by atoms with Crippen molar-refractivity contribution in [3.8, 4) is 5.75 Å². The first kappa shape index (κ1) is 19.4. The second kappa shape index (κ2) is 10.2. The van der Waals surface area contributed by atoms with E-state index >= 15 is 0 Å². The zero-order valence-corrected chi connectivity index (χ0v) is 14.8. The van der Waals surface area contributed by atoms with Gasteiger partial charge >= 0.3 is 5.97 Å². The molecule has 0 radical (unpaired) electrons. The zero-order valence-electron chi connectivity index (χ0n) is 12.5. The van der Waals surface area contributed by atoms with Crippen molar-refractivity contribution in [1.82, 2.24) is 0 Å². The summed E-state index contributed by atoms with van der Waals surface area (Å²) < 4.78 is 15.8. The Balaban J connectivity index is 2.33. The van der Waals surface area contributed by atoms with Crippen LogP contribution in [0.15, 0.2) is 12.1 Å². The fourth-order valence-corrected chi connectivity index (χ4v) is 2.07. The van der Waals surface area contributed by atoms with Crippen LogP contribution in [0.3, 0.4) is 0 Å². The van der Waals surface area contributed by atoms with Crippen molar-refractivity contribution >= 4 is 40.8 Å². The van der Waals surface area contributed by atoms with Gasteiger partial charge in [-0.05, 0) is 19.4 Å². The molecular formula is C15H19Cl3O4. The first-order valence-corrected chi connectivity index (χ1v) is 8.12. The summed E-state index contributed by atoms with van der Waals surface area (Å²) in [4.78, 5) is 11.6. The van der Waals surface area contributed by atoms with E-state index in [1.807, 2.05) is 6.92 Å². The van der Waals surface area contributed by atoms with Gasteiger partial charge in [0.05, 0.1) is 21.2 Å². The summed E-state index contributed by atoms with van der Waals surface area (Å²) in [5.41, 5.74) is 0. The predicted octanol–water partition coefficient (Wildman–Crippen LogP) is 4.77. The van der Waals surface area contributed by atoms with Gasteiger partial charge in [-0.1, -0.05) is 48.1 Å². The highest BCUT2D eigenvalue weighted by molar-refractivity contribution is 6.43. The molecule has 4 nitrogen and oxygen atoms in total. The lowest BCUT2D eigenvalue weighted by atomic mass is 10.3. The lowest BCUT2D eigenvalue weighted by Gasteiger charge is -2.14. The van der Waals surface area contributed by atoms with E-state index in [1.165, 1.54) is 12.1 Å². The maximum atomic E-state index is 11.6. The molecule has 22 heavy (non-hydrogen) atoms. The van der Waals surface area contributed by atoms with Gasteiger partial charge in [-0.3, -0.25) is 0 Å². The molecule has 7 heteroatoms. The molecule has 0 spiro atoms. The van der Waals surface area contributed by atoms with Crippen molar-refractivity contribution in [2.75, 3.05) is 19.8 Å². The maximum Gasteiger partial charge on any atom is 0.344 e. The molecule has 0 aliphatic rings. The third-order valence-corrected chi connectivity index (χ3v) is 3.72. The van der Waals surface area contributed by atoms with Crippen LogP contribution in [-0.4, -0.2) is 31.9 Å². The number of rotatable bonds is 9.